The fourth-order valence-electron chi connectivity index (χ4n) is 8.00. The number of para-hydroxylation sites is 1. The van der Waals surface area contributed by atoms with Crippen LogP contribution in [0.5, 0.6) is 0 Å². The summed E-state index contributed by atoms with van der Waals surface area (Å²) in [6, 6.07) is 27.2. The van der Waals surface area contributed by atoms with Crippen molar-refractivity contribution in [1.29, 1.82) is 0 Å². The van der Waals surface area contributed by atoms with Crippen LogP contribution in [-0.2, 0) is 34.4 Å². The van der Waals surface area contributed by atoms with Gasteiger partial charge in [-0.2, -0.15) is 0 Å². The summed E-state index contributed by atoms with van der Waals surface area (Å²) in [6.07, 6.45) is 6.74. The van der Waals surface area contributed by atoms with E-state index in [0.717, 1.165) is 56.9 Å². The highest BCUT2D eigenvalue weighted by Crippen LogP contribution is 2.46. The van der Waals surface area contributed by atoms with Crippen LogP contribution in [0.3, 0.4) is 0 Å². The number of hydrogen-bond donors (Lipinski definition) is 1. The number of rotatable bonds is 7. The van der Waals surface area contributed by atoms with Crippen LogP contribution in [-0.4, -0.2) is 66.4 Å². The second kappa shape index (κ2) is 11.7. The third-order valence-electron chi connectivity index (χ3n) is 10.3. The van der Waals surface area contributed by atoms with Gasteiger partial charge in [-0.1, -0.05) is 72.8 Å². The molecule has 6 nitrogen and oxygen atoms in total. The summed E-state index contributed by atoms with van der Waals surface area (Å²) in [7, 11) is 0. The molecule has 6 heteroatoms. The number of likely N-dealkylation sites (tertiary alicyclic amines) is 2. The Labute approximate surface area is 249 Å². The Morgan fingerprint density at radius 2 is 1.55 bits per heavy atom. The number of hydrogen-bond acceptors (Lipinski definition) is 4. The van der Waals surface area contributed by atoms with Crippen molar-refractivity contribution in [2.75, 3.05) is 37.6 Å². The molecule has 3 aromatic rings. The Morgan fingerprint density at radius 1 is 0.810 bits per heavy atom. The summed E-state index contributed by atoms with van der Waals surface area (Å²) < 4.78 is 0. The summed E-state index contributed by atoms with van der Waals surface area (Å²) in [5.41, 5.74) is 6.70. The van der Waals surface area contributed by atoms with Gasteiger partial charge in [-0.15, -0.1) is 0 Å². The summed E-state index contributed by atoms with van der Waals surface area (Å²) in [6.45, 7) is 5.52. The van der Waals surface area contributed by atoms with E-state index in [1.54, 1.807) is 10.5 Å². The molecule has 1 N–H and O–H groups in total. The lowest BCUT2D eigenvalue weighted by Gasteiger charge is -2.40. The topological polar surface area (TPSA) is 55.9 Å². The molecule has 218 valence electrons. The smallest absolute Gasteiger partial charge is 0.243 e. The predicted molar refractivity (Wildman–Crippen MR) is 166 cm³/mol. The summed E-state index contributed by atoms with van der Waals surface area (Å²) in [5.74, 6) is 0.0367. The molecule has 2 amide bonds. The maximum Gasteiger partial charge on any atom is 0.243 e. The zero-order valence-electron chi connectivity index (χ0n) is 24.5. The third-order valence-corrected chi connectivity index (χ3v) is 10.3. The van der Waals surface area contributed by atoms with Gasteiger partial charge in [-0.25, -0.2) is 0 Å². The van der Waals surface area contributed by atoms with Gasteiger partial charge in [0.05, 0.1) is 0 Å². The van der Waals surface area contributed by atoms with E-state index < -0.39 is 6.04 Å². The standard InChI is InChI=1S/C36H42N4O2/c41-34(16-21-38-22-18-36(19-23-38)17-14-28-10-4-6-12-31(28)36)40-32-13-7-5-11-29(32)24-33(40)35(42)37-30-15-20-39(26-30)25-27-8-2-1-3-9-27/h1-13,30,33H,14-26H2,(H,37,42)/t30-,33+/m1/s1. The van der Waals surface area contributed by atoms with Gasteiger partial charge in [0, 0.05) is 50.7 Å². The third kappa shape index (κ3) is 5.38. The second-order valence-corrected chi connectivity index (χ2v) is 12.9. The van der Waals surface area contributed by atoms with Gasteiger partial charge in [0.15, 0.2) is 0 Å². The minimum absolute atomic E-state index is 0.0223. The van der Waals surface area contributed by atoms with E-state index >= 15 is 0 Å². The second-order valence-electron chi connectivity index (χ2n) is 12.9. The number of benzene rings is 3. The summed E-state index contributed by atoms with van der Waals surface area (Å²) in [4.78, 5) is 34.1. The van der Waals surface area contributed by atoms with Crippen molar-refractivity contribution in [2.24, 2.45) is 0 Å². The van der Waals surface area contributed by atoms with Crippen molar-refractivity contribution in [3.63, 3.8) is 0 Å². The molecule has 3 heterocycles. The highest BCUT2D eigenvalue weighted by molar-refractivity contribution is 6.03. The number of carbonyl (C=O) groups excluding carboxylic acids is 2. The molecule has 0 saturated carbocycles. The van der Waals surface area contributed by atoms with E-state index in [4.69, 9.17) is 0 Å². The number of nitrogens with zero attached hydrogens (tertiary/aromatic N) is 3. The largest absolute Gasteiger partial charge is 0.350 e. The normalized spacial score (nSPS) is 23.2. The molecule has 2 saturated heterocycles. The van der Waals surface area contributed by atoms with Crippen LogP contribution in [0.25, 0.3) is 0 Å². The van der Waals surface area contributed by atoms with Crippen LogP contribution in [0.1, 0.15) is 54.4 Å². The first-order valence-electron chi connectivity index (χ1n) is 15.9. The molecule has 0 unspecified atom stereocenters. The van der Waals surface area contributed by atoms with Crippen molar-refractivity contribution >= 4 is 17.5 Å². The lowest BCUT2D eigenvalue weighted by Crippen LogP contribution is -2.51. The highest BCUT2D eigenvalue weighted by Gasteiger charge is 2.42. The van der Waals surface area contributed by atoms with Crippen molar-refractivity contribution in [1.82, 2.24) is 15.1 Å². The first-order valence-corrected chi connectivity index (χ1v) is 15.9. The van der Waals surface area contributed by atoms with E-state index in [0.29, 0.717) is 18.3 Å². The van der Waals surface area contributed by atoms with Gasteiger partial charge in [0.1, 0.15) is 6.04 Å². The highest BCUT2D eigenvalue weighted by atomic mass is 16.2. The first-order chi connectivity index (χ1) is 20.6. The molecule has 0 radical (unpaired) electrons. The van der Waals surface area contributed by atoms with Crippen molar-refractivity contribution in [2.45, 2.75) is 69.0 Å². The monoisotopic (exact) mass is 562 g/mol. The SMILES string of the molecule is O=C(N[C@@H]1CCN(Cc2ccccc2)C1)[C@@H]1Cc2ccccc2N1C(=O)CCN1CCC2(CCc3ccccc32)CC1. The maximum absolute atomic E-state index is 13.8. The molecular weight excluding hydrogens is 520 g/mol. The van der Waals surface area contributed by atoms with E-state index in [1.165, 1.54) is 36.8 Å². The van der Waals surface area contributed by atoms with E-state index in [2.05, 4.69) is 69.7 Å². The Kier molecular flexibility index (Phi) is 7.59. The first kappa shape index (κ1) is 27.4. The van der Waals surface area contributed by atoms with E-state index in [1.807, 2.05) is 24.3 Å². The number of fused-ring (bicyclic) bond motifs is 3. The Balaban J connectivity index is 0.958. The maximum atomic E-state index is 13.8. The lowest BCUT2D eigenvalue weighted by molar-refractivity contribution is -0.126. The number of anilines is 1. The molecule has 1 aliphatic carbocycles. The minimum Gasteiger partial charge on any atom is -0.350 e. The summed E-state index contributed by atoms with van der Waals surface area (Å²) >= 11 is 0. The van der Waals surface area contributed by atoms with Crippen LogP contribution < -0.4 is 10.2 Å². The van der Waals surface area contributed by atoms with Crippen LogP contribution in [0.2, 0.25) is 0 Å². The van der Waals surface area contributed by atoms with Crippen molar-refractivity contribution in [3.05, 3.63) is 101 Å². The number of carbonyl (C=O) groups is 2. The van der Waals surface area contributed by atoms with E-state index in [9.17, 15) is 9.59 Å². The number of aryl methyl sites for hydroxylation is 1. The quantitative estimate of drug-likeness (QED) is 0.454. The van der Waals surface area contributed by atoms with Gasteiger partial charge >= 0.3 is 0 Å². The van der Waals surface area contributed by atoms with Crippen molar-refractivity contribution < 1.29 is 9.59 Å². The van der Waals surface area contributed by atoms with Gasteiger partial charge in [-0.3, -0.25) is 19.4 Å². The van der Waals surface area contributed by atoms with Crippen molar-refractivity contribution in [3.8, 4) is 0 Å². The number of nitrogens with one attached hydrogen (secondary N) is 1. The molecule has 3 aromatic carbocycles. The Hall–Kier alpha value is -3.48. The zero-order valence-corrected chi connectivity index (χ0v) is 24.5. The van der Waals surface area contributed by atoms with Gasteiger partial charge < -0.3 is 10.2 Å². The molecule has 3 aliphatic heterocycles. The van der Waals surface area contributed by atoms with Crippen LogP contribution in [0.15, 0.2) is 78.9 Å². The summed E-state index contributed by atoms with van der Waals surface area (Å²) in [5, 5.41) is 3.31. The Bertz CT molecular complexity index is 1430. The molecule has 2 fully saturated rings. The fraction of sp³-hybridized carbons (Fsp3) is 0.444. The molecular formula is C36H42N4O2. The number of amides is 2. The molecule has 2 atom stereocenters. The molecule has 0 aromatic heterocycles. The zero-order chi connectivity index (χ0) is 28.5. The lowest BCUT2D eigenvalue weighted by atomic mass is 9.74. The average Bonchev–Trinajstić information content (AvgIpc) is 3.73. The Morgan fingerprint density at radius 3 is 2.38 bits per heavy atom. The van der Waals surface area contributed by atoms with Gasteiger partial charge in [0.25, 0.3) is 0 Å². The molecule has 1 spiro atoms. The van der Waals surface area contributed by atoms with Gasteiger partial charge in [-0.05, 0) is 78.9 Å². The molecule has 42 heavy (non-hydrogen) atoms. The van der Waals surface area contributed by atoms with E-state index in [-0.39, 0.29) is 17.9 Å². The van der Waals surface area contributed by atoms with Crippen LogP contribution >= 0.6 is 0 Å². The van der Waals surface area contributed by atoms with Crippen LogP contribution in [0, 0.1) is 0 Å². The predicted octanol–water partition coefficient (Wildman–Crippen LogP) is 4.71. The molecule has 0 bridgehead atoms. The molecule has 7 rings (SSSR count). The number of piperidine rings is 1. The average molecular weight is 563 g/mol. The van der Waals surface area contributed by atoms with Gasteiger partial charge in [0.2, 0.25) is 11.8 Å². The molecule has 4 aliphatic rings. The fourth-order valence-corrected chi connectivity index (χ4v) is 8.00. The van der Waals surface area contributed by atoms with Crippen LogP contribution in [0.4, 0.5) is 5.69 Å². The minimum atomic E-state index is -0.474.